The summed E-state index contributed by atoms with van der Waals surface area (Å²) in [5, 5.41) is 0. The highest BCUT2D eigenvalue weighted by Gasteiger charge is 2.08. The van der Waals surface area contributed by atoms with Gasteiger partial charge in [0.15, 0.2) is 11.5 Å². The first kappa shape index (κ1) is 13.1. The van der Waals surface area contributed by atoms with Gasteiger partial charge in [-0.15, -0.1) is 0 Å². The molecule has 0 aliphatic carbocycles. The highest BCUT2D eigenvalue weighted by Crippen LogP contribution is 2.31. The fraction of sp³-hybridized carbons (Fsp3) is 0.133. The van der Waals surface area contributed by atoms with Gasteiger partial charge in [-0.2, -0.15) is 0 Å². The second-order valence-electron chi connectivity index (χ2n) is 4.40. The normalized spacial score (nSPS) is 10.6. The molecular formula is C15H14N4O2. The minimum Gasteiger partial charge on any atom is -0.493 e. The van der Waals surface area contributed by atoms with Crippen molar-refractivity contribution in [2.75, 3.05) is 20.0 Å². The molecule has 0 aliphatic rings. The molecule has 0 atom stereocenters. The van der Waals surface area contributed by atoms with Crippen LogP contribution in [0.25, 0.3) is 22.3 Å². The number of anilines is 1. The van der Waals surface area contributed by atoms with E-state index >= 15 is 0 Å². The molecule has 2 N–H and O–H groups in total. The summed E-state index contributed by atoms with van der Waals surface area (Å²) < 4.78 is 10.5. The molecule has 0 saturated heterocycles. The lowest BCUT2D eigenvalue weighted by Gasteiger charge is -2.09. The van der Waals surface area contributed by atoms with Crippen molar-refractivity contribution in [1.29, 1.82) is 0 Å². The van der Waals surface area contributed by atoms with E-state index in [1.165, 1.54) is 0 Å². The van der Waals surface area contributed by atoms with E-state index in [2.05, 4.69) is 15.0 Å². The number of nitrogens with zero attached hydrogens (tertiary/aromatic N) is 3. The van der Waals surface area contributed by atoms with Gasteiger partial charge < -0.3 is 15.2 Å². The number of nitrogens with two attached hydrogens (primary N) is 1. The Kier molecular flexibility index (Phi) is 3.27. The highest BCUT2D eigenvalue weighted by molar-refractivity contribution is 5.78. The number of rotatable bonds is 3. The Morgan fingerprint density at radius 2 is 1.71 bits per heavy atom. The van der Waals surface area contributed by atoms with Crippen molar-refractivity contribution in [2.45, 2.75) is 0 Å². The number of methoxy groups -OCH3 is 2. The predicted octanol–water partition coefficient (Wildman–Crippen LogP) is 2.29. The SMILES string of the molecule is COc1ccc(-c2ccc3nc(N)ncc3n2)cc1OC. The van der Waals surface area contributed by atoms with Crippen LogP contribution in [0.15, 0.2) is 36.5 Å². The average Bonchev–Trinajstić information content (AvgIpc) is 2.53. The van der Waals surface area contributed by atoms with E-state index in [-0.39, 0.29) is 5.95 Å². The summed E-state index contributed by atoms with van der Waals surface area (Å²) in [5.41, 5.74) is 8.69. The third kappa shape index (κ3) is 2.43. The van der Waals surface area contributed by atoms with Crippen LogP contribution in [0.2, 0.25) is 0 Å². The molecule has 0 spiro atoms. The van der Waals surface area contributed by atoms with Crippen molar-refractivity contribution >= 4 is 17.0 Å². The molecule has 0 fully saturated rings. The quantitative estimate of drug-likeness (QED) is 0.793. The summed E-state index contributed by atoms with van der Waals surface area (Å²) in [4.78, 5) is 12.6. The minimum absolute atomic E-state index is 0.239. The Bertz CT molecular complexity index is 805. The third-order valence-electron chi connectivity index (χ3n) is 3.14. The summed E-state index contributed by atoms with van der Waals surface area (Å²) in [6.45, 7) is 0. The number of nitrogen functional groups attached to an aromatic ring is 1. The number of hydrogen-bond donors (Lipinski definition) is 1. The zero-order chi connectivity index (χ0) is 14.8. The van der Waals surface area contributed by atoms with E-state index in [0.29, 0.717) is 22.5 Å². The second-order valence-corrected chi connectivity index (χ2v) is 4.40. The molecule has 6 heteroatoms. The molecule has 2 heterocycles. The van der Waals surface area contributed by atoms with Crippen LogP contribution in [0.3, 0.4) is 0 Å². The summed E-state index contributed by atoms with van der Waals surface area (Å²) >= 11 is 0. The van der Waals surface area contributed by atoms with Gasteiger partial charge >= 0.3 is 0 Å². The predicted molar refractivity (Wildman–Crippen MR) is 80.3 cm³/mol. The van der Waals surface area contributed by atoms with Gasteiger partial charge in [-0.1, -0.05) is 0 Å². The van der Waals surface area contributed by atoms with Crippen molar-refractivity contribution in [2.24, 2.45) is 0 Å². The topological polar surface area (TPSA) is 83.2 Å². The number of hydrogen-bond acceptors (Lipinski definition) is 6. The van der Waals surface area contributed by atoms with Gasteiger partial charge in [0.25, 0.3) is 0 Å². The van der Waals surface area contributed by atoms with Crippen molar-refractivity contribution < 1.29 is 9.47 Å². The zero-order valence-corrected chi connectivity index (χ0v) is 11.7. The first-order chi connectivity index (χ1) is 10.2. The number of ether oxygens (including phenoxy) is 2. The maximum absolute atomic E-state index is 5.56. The molecule has 6 nitrogen and oxygen atoms in total. The molecule has 0 radical (unpaired) electrons. The van der Waals surface area contributed by atoms with Crippen LogP contribution in [0, 0.1) is 0 Å². The van der Waals surface area contributed by atoms with Gasteiger partial charge in [-0.3, -0.25) is 0 Å². The Morgan fingerprint density at radius 1 is 0.905 bits per heavy atom. The van der Waals surface area contributed by atoms with Crippen LogP contribution in [0.1, 0.15) is 0 Å². The van der Waals surface area contributed by atoms with Gasteiger partial charge in [0.05, 0.1) is 31.6 Å². The van der Waals surface area contributed by atoms with Crippen LogP contribution in [-0.2, 0) is 0 Å². The van der Waals surface area contributed by atoms with Crippen molar-refractivity contribution in [3.63, 3.8) is 0 Å². The Balaban J connectivity index is 2.09. The molecule has 0 saturated carbocycles. The summed E-state index contributed by atoms with van der Waals surface area (Å²) in [6.07, 6.45) is 1.61. The van der Waals surface area contributed by atoms with Gasteiger partial charge in [0.2, 0.25) is 5.95 Å². The maximum atomic E-state index is 5.56. The lowest BCUT2D eigenvalue weighted by molar-refractivity contribution is 0.355. The van der Waals surface area contributed by atoms with Crippen LogP contribution in [0.5, 0.6) is 11.5 Å². The lowest BCUT2D eigenvalue weighted by atomic mass is 10.1. The zero-order valence-electron chi connectivity index (χ0n) is 11.7. The summed E-state index contributed by atoms with van der Waals surface area (Å²) in [6, 6.07) is 9.40. The molecule has 0 unspecified atom stereocenters. The molecule has 1 aromatic carbocycles. The number of pyridine rings is 1. The first-order valence-corrected chi connectivity index (χ1v) is 6.33. The van der Waals surface area contributed by atoms with Crippen LogP contribution >= 0.6 is 0 Å². The van der Waals surface area contributed by atoms with E-state index in [9.17, 15) is 0 Å². The molecule has 0 aliphatic heterocycles. The van der Waals surface area contributed by atoms with Crippen LogP contribution in [-0.4, -0.2) is 29.2 Å². The summed E-state index contributed by atoms with van der Waals surface area (Å²) in [7, 11) is 3.21. The molecule has 106 valence electrons. The Morgan fingerprint density at radius 3 is 2.48 bits per heavy atom. The van der Waals surface area contributed by atoms with E-state index in [1.54, 1.807) is 20.4 Å². The molecule has 3 aromatic rings. The maximum Gasteiger partial charge on any atom is 0.220 e. The monoisotopic (exact) mass is 282 g/mol. The van der Waals surface area contributed by atoms with E-state index < -0.39 is 0 Å². The second kappa shape index (κ2) is 5.24. The Hall–Kier alpha value is -2.89. The average molecular weight is 282 g/mol. The standard InChI is InChI=1S/C15H14N4O2/c1-20-13-6-3-9(7-14(13)21-2)10-4-5-11-12(18-10)8-17-15(16)19-11/h3-8H,1-2H3,(H2,16,17,19). The molecule has 2 aromatic heterocycles. The Labute approximate surface area is 121 Å². The van der Waals surface area contributed by atoms with Crippen LogP contribution < -0.4 is 15.2 Å². The largest absolute Gasteiger partial charge is 0.493 e. The molecule has 3 rings (SSSR count). The van der Waals surface area contributed by atoms with E-state index in [4.69, 9.17) is 15.2 Å². The van der Waals surface area contributed by atoms with Gasteiger partial charge in [0.1, 0.15) is 5.52 Å². The molecule has 0 amide bonds. The van der Waals surface area contributed by atoms with Crippen molar-refractivity contribution in [1.82, 2.24) is 15.0 Å². The molecule has 0 bridgehead atoms. The van der Waals surface area contributed by atoms with Gasteiger partial charge in [-0.25, -0.2) is 15.0 Å². The number of fused-ring (bicyclic) bond motifs is 1. The molecular weight excluding hydrogens is 268 g/mol. The van der Waals surface area contributed by atoms with Gasteiger partial charge in [0, 0.05) is 5.56 Å². The highest BCUT2D eigenvalue weighted by atomic mass is 16.5. The smallest absolute Gasteiger partial charge is 0.220 e. The van der Waals surface area contributed by atoms with Crippen molar-refractivity contribution in [3.05, 3.63) is 36.5 Å². The van der Waals surface area contributed by atoms with Crippen molar-refractivity contribution in [3.8, 4) is 22.8 Å². The minimum atomic E-state index is 0.239. The third-order valence-corrected chi connectivity index (χ3v) is 3.14. The van der Waals surface area contributed by atoms with E-state index in [1.807, 2.05) is 30.3 Å². The van der Waals surface area contributed by atoms with Gasteiger partial charge in [-0.05, 0) is 30.3 Å². The first-order valence-electron chi connectivity index (χ1n) is 6.33. The van der Waals surface area contributed by atoms with Crippen LogP contribution in [0.4, 0.5) is 5.95 Å². The fourth-order valence-electron chi connectivity index (χ4n) is 2.09. The fourth-order valence-corrected chi connectivity index (χ4v) is 2.09. The lowest BCUT2D eigenvalue weighted by Crippen LogP contribution is -1.96. The number of aromatic nitrogens is 3. The summed E-state index contributed by atoms with van der Waals surface area (Å²) in [5.74, 6) is 1.58. The van der Waals surface area contributed by atoms with E-state index in [0.717, 1.165) is 11.3 Å². The number of benzene rings is 1. The molecule has 21 heavy (non-hydrogen) atoms.